The number of hydrogen-bond donors (Lipinski definition) is 1. The van der Waals surface area contributed by atoms with Crippen LogP contribution in [0, 0.1) is 0 Å². The third-order valence-electron chi connectivity index (χ3n) is 5.87. The first-order chi connectivity index (χ1) is 18.0. The van der Waals surface area contributed by atoms with Crippen molar-refractivity contribution in [1.29, 1.82) is 0 Å². The summed E-state index contributed by atoms with van der Waals surface area (Å²) in [6.45, 7) is 4.59. The quantitative estimate of drug-likeness (QED) is 0.264. The van der Waals surface area contributed by atoms with E-state index in [9.17, 15) is 14.7 Å². The molecule has 0 saturated carbocycles. The molecule has 190 valence electrons. The van der Waals surface area contributed by atoms with Gasteiger partial charge >= 0.3 is 0 Å². The van der Waals surface area contributed by atoms with Crippen LogP contribution in [0.25, 0.3) is 10.2 Å². The number of fused-ring (bicyclic) bond motifs is 1. The molecule has 0 bridgehead atoms. The summed E-state index contributed by atoms with van der Waals surface area (Å²) in [4.78, 5) is 33.5. The van der Waals surface area contributed by atoms with Crippen LogP contribution in [-0.2, 0) is 4.79 Å². The van der Waals surface area contributed by atoms with E-state index in [1.165, 1.54) is 27.6 Å². The van der Waals surface area contributed by atoms with Crippen LogP contribution in [0.2, 0.25) is 0 Å². The molecular weight excluding hydrogens is 512 g/mol. The smallest absolute Gasteiger partial charge is 0.296 e. The fraction of sp³-hybridized carbons (Fsp3) is 0.222. The Morgan fingerprint density at radius 3 is 2.57 bits per heavy atom. The highest BCUT2D eigenvalue weighted by atomic mass is 32.1. The zero-order valence-corrected chi connectivity index (χ0v) is 22.0. The minimum absolute atomic E-state index is 0.00380. The topological polar surface area (TPSA) is 98.2 Å². The van der Waals surface area contributed by atoms with E-state index in [0.717, 1.165) is 4.70 Å². The van der Waals surface area contributed by atoms with Gasteiger partial charge in [0.25, 0.3) is 5.91 Å². The SMILES string of the molecule is CCOc1ccc(C2C(C(=O)c3cccs3)=C(O)C(=O)N2c2nc3ccc(OC)cc3s2)cc1OCC. The Morgan fingerprint density at radius 2 is 1.86 bits per heavy atom. The standard InChI is InChI=1S/C27H24N2O6S2/c1-4-34-18-11-8-15(13-19(18)35-5-2)23-22(24(30)20-7-6-12-36-20)25(31)26(32)29(23)27-28-17-10-9-16(33-3)14-21(17)37-27/h6-14,23,31H,4-5H2,1-3H3. The number of ether oxygens (including phenoxy) is 3. The molecule has 0 fully saturated rings. The van der Waals surface area contributed by atoms with Gasteiger partial charge < -0.3 is 19.3 Å². The van der Waals surface area contributed by atoms with Gasteiger partial charge in [-0.2, -0.15) is 0 Å². The Bertz CT molecular complexity index is 1510. The number of ketones is 1. The first-order valence-electron chi connectivity index (χ1n) is 11.7. The number of benzene rings is 2. The lowest BCUT2D eigenvalue weighted by Crippen LogP contribution is -2.31. The average molecular weight is 537 g/mol. The normalized spacial score (nSPS) is 15.5. The van der Waals surface area contributed by atoms with E-state index in [2.05, 4.69) is 4.98 Å². The van der Waals surface area contributed by atoms with Crippen molar-refractivity contribution < 1.29 is 28.9 Å². The Labute approximate surface area is 221 Å². The van der Waals surface area contributed by atoms with Crippen LogP contribution < -0.4 is 19.1 Å². The Hall–Kier alpha value is -3.89. The number of carbonyl (C=O) groups excluding carboxylic acids is 2. The lowest BCUT2D eigenvalue weighted by Gasteiger charge is -2.25. The highest BCUT2D eigenvalue weighted by molar-refractivity contribution is 7.22. The molecule has 1 atom stereocenters. The van der Waals surface area contributed by atoms with E-state index in [-0.39, 0.29) is 5.57 Å². The van der Waals surface area contributed by atoms with Crippen molar-refractivity contribution in [3.63, 3.8) is 0 Å². The van der Waals surface area contributed by atoms with Crippen LogP contribution in [0.1, 0.15) is 35.1 Å². The van der Waals surface area contributed by atoms with E-state index in [1.54, 1.807) is 55.0 Å². The summed E-state index contributed by atoms with van der Waals surface area (Å²) in [5, 5.41) is 13.2. The molecule has 1 aliphatic heterocycles. The van der Waals surface area contributed by atoms with Crippen molar-refractivity contribution in [3.05, 3.63) is 75.7 Å². The minimum atomic E-state index is -0.917. The van der Waals surface area contributed by atoms with E-state index in [0.29, 0.717) is 51.6 Å². The fourth-order valence-electron chi connectivity index (χ4n) is 4.25. The predicted molar refractivity (Wildman–Crippen MR) is 143 cm³/mol. The molecule has 1 unspecified atom stereocenters. The van der Waals surface area contributed by atoms with Crippen molar-refractivity contribution in [1.82, 2.24) is 4.98 Å². The molecule has 2 aromatic heterocycles. The molecule has 0 saturated heterocycles. The Kier molecular flexibility index (Phi) is 6.86. The predicted octanol–water partition coefficient (Wildman–Crippen LogP) is 5.95. The Balaban J connectivity index is 1.68. The van der Waals surface area contributed by atoms with Gasteiger partial charge in [0, 0.05) is 0 Å². The van der Waals surface area contributed by atoms with Gasteiger partial charge in [-0.15, -0.1) is 11.3 Å². The Morgan fingerprint density at radius 1 is 1.08 bits per heavy atom. The molecule has 10 heteroatoms. The van der Waals surface area contributed by atoms with Gasteiger partial charge in [-0.1, -0.05) is 23.5 Å². The van der Waals surface area contributed by atoms with Crippen LogP contribution >= 0.6 is 22.7 Å². The number of aliphatic hydroxyl groups is 1. The zero-order valence-electron chi connectivity index (χ0n) is 20.4. The number of anilines is 1. The first kappa shape index (κ1) is 24.8. The van der Waals surface area contributed by atoms with Crippen molar-refractivity contribution >= 4 is 49.7 Å². The maximum absolute atomic E-state index is 13.6. The van der Waals surface area contributed by atoms with E-state index >= 15 is 0 Å². The number of carbonyl (C=O) groups is 2. The molecular formula is C27H24N2O6S2. The van der Waals surface area contributed by atoms with Gasteiger partial charge in [-0.05, 0) is 61.2 Å². The van der Waals surface area contributed by atoms with Crippen molar-refractivity contribution in [2.45, 2.75) is 19.9 Å². The molecule has 3 heterocycles. The van der Waals surface area contributed by atoms with Gasteiger partial charge in [0.1, 0.15) is 5.75 Å². The summed E-state index contributed by atoms with van der Waals surface area (Å²) >= 11 is 2.52. The number of thiazole rings is 1. The molecule has 2 aromatic carbocycles. The first-order valence-corrected chi connectivity index (χ1v) is 13.3. The zero-order chi connectivity index (χ0) is 26.1. The molecule has 5 rings (SSSR count). The van der Waals surface area contributed by atoms with E-state index < -0.39 is 23.5 Å². The number of amides is 1. The van der Waals surface area contributed by atoms with Crippen molar-refractivity contribution in [2.75, 3.05) is 25.2 Å². The van der Waals surface area contributed by atoms with E-state index in [1.807, 2.05) is 19.9 Å². The molecule has 0 spiro atoms. The largest absolute Gasteiger partial charge is 0.503 e. The summed E-state index contributed by atoms with van der Waals surface area (Å²) in [6, 6.07) is 13.2. The maximum Gasteiger partial charge on any atom is 0.296 e. The second kappa shape index (κ2) is 10.2. The summed E-state index contributed by atoms with van der Waals surface area (Å²) in [5.74, 6) is 0.000202. The number of aliphatic hydroxyl groups excluding tert-OH is 1. The molecule has 0 radical (unpaired) electrons. The monoisotopic (exact) mass is 536 g/mol. The van der Waals surface area contributed by atoms with E-state index in [4.69, 9.17) is 14.2 Å². The minimum Gasteiger partial charge on any atom is -0.503 e. The van der Waals surface area contributed by atoms with Gasteiger partial charge in [-0.3, -0.25) is 14.5 Å². The summed E-state index contributed by atoms with van der Waals surface area (Å²) in [5.41, 5.74) is 1.25. The highest BCUT2D eigenvalue weighted by Crippen LogP contribution is 2.46. The molecule has 37 heavy (non-hydrogen) atoms. The number of methoxy groups -OCH3 is 1. The summed E-state index contributed by atoms with van der Waals surface area (Å²) < 4.78 is 17.6. The highest BCUT2D eigenvalue weighted by Gasteiger charge is 2.46. The van der Waals surface area contributed by atoms with Gasteiger partial charge in [0.2, 0.25) is 5.78 Å². The van der Waals surface area contributed by atoms with Gasteiger partial charge in [0.05, 0.1) is 47.0 Å². The lowest BCUT2D eigenvalue weighted by atomic mass is 9.95. The fourth-order valence-corrected chi connectivity index (χ4v) is 5.95. The number of rotatable bonds is 9. The van der Waals surface area contributed by atoms with Crippen LogP contribution in [0.4, 0.5) is 5.13 Å². The third kappa shape index (κ3) is 4.42. The molecule has 1 amide bonds. The van der Waals surface area contributed by atoms with Crippen molar-refractivity contribution in [3.8, 4) is 17.2 Å². The molecule has 4 aromatic rings. The van der Waals surface area contributed by atoms with Crippen LogP contribution in [0.15, 0.2) is 65.2 Å². The van der Waals surface area contributed by atoms with Crippen molar-refractivity contribution in [2.24, 2.45) is 0 Å². The molecule has 1 aliphatic rings. The van der Waals surface area contributed by atoms with Crippen LogP contribution in [0.5, 0.6) is 17.2 Å². The number of hydrogen-bond acceptors (Lipinski definition) is 9. The average Bonchev–Trinajstić information content (AvgIpc) is 3.63. The number of thiophene rings is 1. The third-order valence-corrected chi connectivity index (χ3v) is 7.76. The maximum atomic E-state index is 13.6. The van der Waals surface area contributed by atoms with Gasteiger partial charge in [0.15, 0.2) is 22.4 Å². The van der Waals surface area contributed by atoms with Crippen LogP contribution in [-0.4, -0.2) is 42.1 Å². The number of aromatic nitrogens is 1. The summed E-state index contributed by atoms with van der Waals surface area (Å²) in [7, 11) is 1.58. The lowest BCUT2D eigenvalue weighted by molar-refractivity contribution is -0.117. The molecule has 8 nitrogen and oxygen atoms in total. The van der Waals surface area contributed by atoms with Crippen LogP contribution in [0.3, 0.4) is 0 Å². The number of Topliss-reactive ketones (excluding diaryl/α,β-unsaturated/α-hetero) is 1. The second-order valence-electron chi connectivity index (χ2n) is 8.05. The van der Waals surface area contributed by atoms with Gasteiger partial charge in [-0.25, -0.2) is 4.98 Å². The summed E-state index contributed by atoms with van der Waals surface area (Å²) in [6.07, 6.45) is 0. The number of nitrogens with zero attached hydrogens (tertiary/aromatic N) is 2. The molecule has 0 aliphatic carbocycles. The second-order valence-corrected chi connectivity index (χ2v) is 10.0. The molecule has 1 N–H and O–H groups in total.